The highest BCUT2D eigenvalue weighted by Crippen LogP contribution is 2.47. The van der Waals surface area contributed by atoms with E-state index >= 15 is 0 Å². The van der Waals surface area contributed by atoms with E-state index in [1.807, 2.05) is 0 Å². The minimum absolute atomic E-state index is 0.000929. The summed E-state index contributed by atoms with van der Waals surface area (Å²) in [5.74, 6) is -0.362. The second-order valence-electron chi connectivity index (χ2n) is 5.90. The van der Waals surface area contributed by atoms with Gasteiger partial charge in [-0.3, -0.25) is 9.59 Å². The Labute approximate surface area is 112 Å². The highest BCUT2D eigenvalue weighted by atomic mass is 32.2. The molecule has 2 aliphatic carbocycles. The summed E-state index contributed by atoms with van der Waals surface area (Å²) in [5.41, 5.74) is -0.922. The van der Waals surface area contributed by atoms with E-state index in [-0.39, 0.29) is 35.4 Å². The molecule has 0 aromatic carbocycles. The van der Waals surface area contributed by atoms with Crippen molar-refractivity contribution in [1.82, 2.24) is 10.6 Å². The summed E-state index contributed by atoms with van der Waals surface area (Å²) >= 11 is 0. The van der Waals surface area contributed by atoms with Crippen LogP contribution in [0.25, 0.3) is 0 Å². The molecular formula is C12H18N2O4S. The van der Waals surface area contributed by atoms with Crippen molar-refractivity contribution in [3.63, 3.8) is 0 Å². The third-order valence-corrected chi connectivity index (χ3v) is 5.87. The van der Waals surface area contributed by atoms with Gasteiger partial charge in [0, 0.05) is 12.1 Å². The number of carbonyl (C=O) groups excluding carboxylic acids is 2. The van der Waals surface area contributed by atoms with Crippen LogP contribution < -0.4 is 10.6 Å². The van der Waals surface area contributed by atoms with Gasteiger partial charge in [0.25, 0.3) is 0 Å². The van der Waals surface area contributed by atoms with E-state index in [0.29, 0.717) is 19.3 Å². The standard InChI is InChI=1S/C12H18N2O4S/c15-10(13-8-1-2-8)12(4-5-12)11(16)14-9-3-6-19(17,18)7-9/h8-9H,1-7H2,(H,13,15)(H,14,16). The first-order valence-corrected chi connectivity index (χ1v) is 8.56. The van der Waals surface area contributed by atoms with Crippen molar-refractivity contribution in [2.24, 2.45) is 5.41 Å². The van der Waals surface area contributed by atoms with Crippen molar-refractivity contribution in [3.8, 4) is 0 Å². The van der Waals surface area contributed by atoms with E-state index in [4.69, 9.17) is 0 Å². The van der Waals surface area contributed by atoms with E-state index < -0.39 is 15.3 Å². The predicted octanol–water partition coefficient (Wildman–Crippen LogP) is -0.652. The molecule has 2 saturated carbocycles. The molecule has 0 radical (unpaired) electrons. The van der Waals surface area contributed by atoms with Crippen molar-refractivity contribution in [3.05, 3.63) is 0 Å². The molecule has 0 aromatic rings. The Bertz CT molecular complexity index is 520. The molecule has 0 spiro atoms. The van der Waals surface area contributed by atoms with Gasteiger partial charge in [-0.1, -0.05) is 0 Å². The fraction of sp³-hybridized carbons (Fsp3) is 0.833. The Morgan fingerprint density at radius 3 is 1.95 bits per heavy atom. The van der Waals surface area contributed by atoms with Crippen LogP contribution in [-0.4, -0.2) is 43.8 Å². The second-order valence-corrected chi connectivity index (χ2v) is 8.13. The SMILES string of the molecule is O=C(NC1CC1)C1(C(=O)NC2CCS(=O)(=O)C2)CC1. The molecule has 7 heteroatoms. The highest BCUT2D eigenvalue weighted by Gasteiger charge is 2.57. The molecular weight excluding hydrogens is 268 g/mol. The minimum Gasteiger partial charge on any atom is -0.352 e. The molecule has 19 heavy (non-hydrogen) atoms. The number of nitrogens with one attached hydrogen (secondary N) is 2. The predicted molar refractivity (Wildman–Crippen MR) is 68.0 cm³/mol. The Morgan fingerprint density at radius 2 is 1.53 bits per heavy atom. The zero-order valence-corrected chi connectivity index (χ0v) is 11.5. The zero-order valence-electron chi connectivity index (χ0n) is 10.6. The molecule has 1 atom stereocenters. The van der Waals surface area contributed by atoms with Crippen molar-refractivity contribution >= 4 is 21.7 Å². The van der Waals surface area contributed by atoms with Crippen LogP contribution in [0.15, 0.2) is 0 Å². The van der Waals surface area contributed by atoms with Gasteiger partial charge in [0.2, 0.25) is 11.8 Å². The molecule has 3 fully saturated rings. The molecule has 0 bridgehead atoms. The molecule has 3 rings (SSSR count). The van der Waals surface area contributed by atoms with Gasteiger partial charge in [0.1, 0.15) is 5.41 Å². The summed E-state index contributed by atoms with van der Waals surface area (Å²) < 4.78 is 22.7. The van der Waals surface area contributed by atoms with Gasteiger partial charge in [-0.05, 0) is 32.1 Å². The molecule has 0 aromatic heterocycles. The van der Waals surface area contributed by atoms with Crippen LogP contribution in [0, 0.1) is 5.41 Å². The maximum Gasteiger partial charge on any atom is 0.235 e. The maximum atomic E-state index is 12.2. The van der Waals surface area contributed by atoms with Gasteiger partial charge >= 0.3 is 0 Å². The Kier molecular flexibility index (Phi) is 2.85. The van der Waals surface area contributed by atoms with Crippen LogP contribution in [0.4, 0.5) is 0 Å². The number of rotatable bonds is 4. The first-order valence-electron chi connectivity index (χ1n) is 6.74. The summed E-state index contributed by atoms with van der Waals surface area (Å²) in [5, 5.41) is 5.59. The maximum absolute atomic E-state index is 12.2. The lowest BCUT2D eigenvalue weighted by Gasteiger charge is -2.18. The Morgan fingerprint density at radius 1 is 0.947 bits per heavy atom. The molecule has 2 N–H and O–H groups in total. The largest absolute Gasteiger partial charge is 0.352 e. The summed E-state index contributed by atoms with van der Waals surface area (Å²) in [6, 6.07) is -0.0895. The van der Waals surface area contributed by atoms with Crippen LogP contribution in [-0.2, 0) is 19.4 Å². The van der Waals surface area contributed by atoms with Crippen LogP contribution in [0.2, 0.25) is 0 Å². The second kappa shape index (κ2) is 4.19. The highest BCUT2D eigenvalue weighted by molar-refractivity contribution is 7.91. The fourth-order valence-electron chi connectivity index (χ4n) is 2.47. The van der Waals surface area contributed by atoms with E-state index in [1.54, 1.807) is 0 Å². The quantitative estimate of drug-likeness (QED) is 0.672. The normalized spacial score (nSPS) is 30.6. The first kappa shape index (κ1) is 12.9. The van der Waals surface area contributed by atoms with E-state index in [2.05, 4.69) is 10.6 Å². The van der Waals surface area contributed by atoms with Gasteiger partial charge in [0.15, 0.2) is 9.84 Å². The summed E-state index contributed by atoms with van der Waals surface area (Å²) in [6.07, 6.45) is 3.57. The lowest BCUT2D eigenvalue weighted by molar-refractivity contribution is -0.137. The Hall–Kier alpha value is -1.11. The van der Waals surface area contributed by atoms with Crippen LogP contribution in [0.3, 0.4) is 0 Å². The van der Waals surface area contributed by atoms with Crippen molar-refractivity contribution in [1.29, 1.82) is 0 Å². The van der Waals surface area contributed by atoms with Crippen LogP contribution in [0.1, 0.15) is 32.1 Å². The fourth-order valence-corrected chi connectivity index (χ4v) is 4.14. The molecule has 1 aliphatic heterocycles. The molecule has 106 valence electrons. The van der Waals surface area contributed by atoms with Crippen LogP contribution in [0.5, 0.6) is 0 Å². The first-order chi connectivity index (χ1) is 8.91. The topological polar surface area (TPSA) is 92.3 Å². The number of hydrogen-bond donors (Lipinski definition) is 2. The number of amides is 2. The van der Waals surface area contributed by atoms with E-state index in [9.17, 15) is 18.0 Å². The monoisotopic (exact) mass is 286 g/mol. The van der Waals surface area contributed by atoms with E-state index in [1.165, 1.54) is 0 Å². The third-order valence-electron chi connectivity index (χ3n) is 4.10. The molecule has 1 heterocycles. The van der Waals surface area contributed by atoms with Gasteiger partial charge in [-0.25, -0.2) is 8.42 Å². The summed E-state index contributed by atoms with van der Waals surface area (Å²) in [6.45, 7) is 0. The summed E-state index contributed by atoms with van der Waals surface area (Å²) in [4.78, 5) is 24.2. The third kappa shape index (κ3) is 2.61. The lowest BCUT2D eigenvalue weighted by Crippen LogP contribution is -2.47. The molecule has 2 amide bonds. The number of carbonyl (C=O) groups is 2. The average Bonchev–Trinajstić information content (AvgIpc) is 3.20. The van der Waals surface area contributed by atoms with Gasteiger partial charge in [-0.2, -0.15) is 0 Å². The number of hydrogen-bond acceptors (Lipinski definition) is 4. The van der Waals surface area contributed by atoms with Crippen molar-refractivity contribution < 1.29 is 18.0 Å². The van der Waals surface area contributed by atoms with E-state index in [0.717, 1.165) is 12.8 Å². The lowest BCUT2D eigenvalue weighted by atomic mass is 10.0. The number of sulfone groups is 1. The molecule has 1 saturated heterocycles. The molecule has 6 nitrogen and oxygen atoms in total. The minimum atomic E-state index is -3.01. The smallest absolute Gasteiger partial charge is 0.235 e. The van der Waals surface area contributed by atoms with Crippen LogP contribution >= 0.6 is 0 Å². The summed E-state index contributed by atoms with van der Waals surface area (Å²) in [7, 11) is -3.01. The Balaban J connectivity index is 1.59. The average molecular weight is 286 g/mol. The van der Waals surface area contributed by atoms with Gasteiger partial charge < -0.3 is 10.6 Å². The van der Waals surface area contributed by atoms with Gasteiger partial charge in [-0.15, -0.1) is 0 Å². The van der Waals surface area contributed by atoms with Crippen molar-refractivity contribution in [2.75, 3.05) is 11.5 Å². The zero-order chi connectivity index (χ0) is 13.7. The van der Waals surface area contributed by atoms with Gasteiger partial charge in [0.05, 0.1) is 11.5 Å². The molecule has 1 unspecified atom stereocenters. The van der Waals surface area contributed by atoms with Crippen molar-refractivity contribution in [2.45, 2.75) is 44.2 Å². The molecule has 3 aliphatic rings.